The number of hydrogen-bond donors (Lipinski definition) is 0. The van der Waals surface area contributed by atoms with Gasteiger partial charge in [-0.15, -0.1) is 21.5 Å². The Morgan fingerprint density at radius 2 is 2.35 bits per heavy atom. The van der Waals surface area contributed by atoms with E-state index in [-0.39, 0.29) is 11.7 Å². The van der Waals surface area contributed by atoms with Crippen molar-refractivity contribution in [2.75, 3.05) is 18.0 Å². The molecule has 4 rings (SSSR count). The van der Waals surface area contributed by atoms with Crippen LogP contribution in [-0.4, -0.2) is 38.7 Å². The lowest BCUT2D eigenvalue weighted by Crippen LogP contribution is -2.39. The first-order valence-electron chi connectivity index (χ1n) is 7.73. The molecule has 0 aliphatic carbocycles. The van der Waals surface area contributed by atoms with Crippen LogP contribution in [0.2, 0.25) is 0 Å². The Morgan fingerprint density at radius 1 is 1.43 bits per heavy atom. The van der Waals surface area contributed by atoms with Crippen LogP contribution in [0.5, 0.6) is 0 Å². The van der Waals surface area contributed by atoms with Crippen LogP contribution in [0.4, 0.5) is 5.69 Å². The molecule has 0 aromatic carbocycles. The van der Waals surface area contributed by atoms with Gasteiger partial charge in [-0.25, -0.2) is 0 Å². The van der Waals surface area contributed by atoms with Gasteiger partial charge in [0.2, 0.25) is 5.65 Å². The Labute approximate surface area is 137 Å². The summed E-state index contributed by atoms with van der Waals surface area (Å²) in [5.74, 6) is 0.298. The fourth-order valence-corrected chi connectivity index (χ4v) is 3.94. The van der Waals surface area contributed by atoms with Crippen LogP contribution >= 0.6 is 11.3 Å². The zero-order valence-corrected chi connectivity index (χ0v) is 13.7. The van der Waals surface area contributed by atoms with Gasteiger partial charge >= 0.3 is 0 Å². The van der Waals surface area contributed by atoms with Crippen LogP contribution in [0.1, 0.15) is 28.2 Å². The zero-order valence-electron chi connectivity index (χ0n) is 12.8. The molecule has 0 radical (unpaired) electrons. The molecule has 1 unspecified atom stereocenters. The maximum Gasteiger partial charge on any atom is 0.200 e. The van der Waals surface area contributed by atoms with E-state index in [1.165, 1.54) is 11.3 Å². The van der Waals surface area contributed by atoms with Crippen LogP contribution in [0.25, 0.3) is 5.65 Å². The van der Waals surface area contributed by atoms with E-state index in [2.05, 4.69) is 20.2 Å². The lowest BCUT2D eigenvalue weighted by Gasteiger charge is -2.33. The molecule has 1 aliphatic rings. The lowest BCUT2D eigenvalue weighted by molar-refractivity contribution is 0.0911. The number of ketones is 1. The van der Waals surface area contributed by atoms with Gasteiger partial charge in [-0.2, -0.15) is 9.61 Å². The van der Waals surface area contributed by atoms with Gasteiger partial charge in [-0.05, 0) is 37.3 Å². The van der Waals surface area contributed by atoms with Crippen LogP contribution in [0.3, 0.4) is 0 Å². The van der Waals surface area contributed by atoms with Crippen LogP contribution in [0, 0.1) is 12.8 Å². The highest BCUT2D eigenvalue weighted by atomic mass is 32.1. The van der Waals surface area contributed by atoms with Gasteiger partial charge < -0.3 is 4.90 Å². The third-order valence-corrected chi connectivity index (χ3v) is 5.15. The summed E-state index contributed by atoms with van der Waals surface area (Å²) in [5, 5.41) is 14.5. The number of nitrogens with zero attached hydrogens (tertiary/aromatic N) is 5. The molecule has 1 fully saturated rings. The summed E-state index contributed by atoms with van der Waals surface area (Å²) in [4.78, 5) is 15.8. The number of thiophene rings is 1. The number of aryl methyl sites for hydroxylation is 1. The molecule has 0 amide bonds. The molecular weight excluding hydrogens is 310 g/mol. The first-order chi connectivity index (χ1) is 11.2. The van der Waals surface area contributed by atoms with Crippen molar-refractivity contribution in [3.8, 4) is 0 Å². The van der Waals surface area contributed by atoms with Gasteiger partial charge in [0.15, 0.2) is 5.78 Å². The van der Waals surface area contributed by atoms with Crippen molar-refractivity contribution in [1.29, 1.82) is 0 Å². The fraction of sp³-hybridized carbons (Fsp3) is 0.375. The number of fused-ring (bicyclic) bond motifs is 1. The topological polar surface area (TPSA) is 63.4 Å². The monoisotopic (exact) mass is 327 g/mol. The molecule has 6 nitrogen and oxygen atoms in total. The second-order valence-corrected chi connectivity index (χ2v) is 6.84. The predicted molar refractivity (Wildman–Crippen MR) is 89.1 cm³/mol. The normalized spacial score (nSPS) is 18.5. The van der Waals surface area contributed by atoms with Crippen molar-refractivity contribution in [3.63, 3.8) is 0 Å². The summed E-state index contributed by atoms with van der Waals surface area (Å²) in [7, 11) is 0. The molecular formula is C16H17N5OS. The fourth-order valence-electron chi connectivity index (χ4n) is 3.20. The molecule has 4 heterocycles. The summed E-state index contributed by atoms with van der Waals surface area (Å²) in [6.45, 7) is 3.62. The maximum absolute atomic E-state index is 12.7. The van der Waals surface area contributed by atoms with E-state index in [0.29, 0.717) is 0 Å². The number of carbonyl (C=O) groups excluding carboxylic acids is 1. The highest BCUT2D eigenvalue weighted by Crippen LogP contribution is 2.28. The Hall–Kier alpha value is -2.28. The third-order valence-electron chi connectivity index (χ3n) is 4.27. The molecule has 118 valence electrons. The smallest absolute Gasteiger partial charge is 0.200 e. The molecule has 3 aromatic heterocycles. The Kier molecular flexibility index (Phi) is 3.57. The SMILES string of the molecule is Cc1cc(N2CCCC(C(=O)c3cccs3)C2)c2nncn2n1. The van der Waals surface area contributed by atoms with Gasteiger partial charge in [0.05, 0.1) is 16.3 Å². The molecule has 1 saturated heterocycles. The Morgan fingerprint density at radius 3 is 3.17 bits per heavy atom. The van der Waals surface area contributed by atoms with Crippen molar-refractivity contribution in [2.45, 2.75) is 19.8 Å². The number of anilines is 1. The van der Waals surface area contributed by atoms with Crippen molar-refractivity contribution >= 4 is 28.5 Å². The van der Waals surface area contributed by atoms with Crippen LogP contribution in [0.15, 0.2) is 29.9 Å². The average molecular weight is 327 g/mol. The summed E-state index contributed by atoms with van der Waals surface area (Å²) >= 11 is 1.52. The van der Waals surface area contributed by atoms with E-state index in [0.717, 1.165) is 47.8 Å². The number of carbonyl (C=O) groups is 1. The Bertz CT molecular complexity index is 841. The van der Waals surface area contributed by atoms with Crippen molar-refractivity contribution < 1.29 is 4.79 Å². The first kappa shape index (κ1) is 14.3. The predicted octanol–water partition coefficient (Wildman–Crippen LogP) is 2.59. The van der Waals surface area contributed by atoms with Gasteiger partial charge in [-0.1, -0.05) is 6.07 Å². The van der Waals surface area contributed by atoms with E-state index in [9.17, 15) is 4.79 Å². The lowest BCUT2D eigenvalue weighted by atomic mass is 9.92. The number of aromatic nitrogens is 4. The van der Waals surface area contributed by atoms with E-state index < -0.39 is 0 Å². The minimum absolute atomic E-state index is 0.0406. The van der Waals surface area contributed by atoms with Gasteiger partial charge in [0.25, 0.3) is 0 Å². The molecule has 0 spiro atoms. The minimum atomic E-state index is 0.0406. The summed E-state index contributed by atoms with van der Waals surface area (Å²) < 4.78 is 1.70. The van der Waals surface area contributed by atoms with Gasteiger partial charge in [0, 0.05) is 19.0 Å². The Balaban J connectivity index is 1.64. The van der Waals surface area contributed by atoms with E-state index in [1.807, 2.05) is 30.5 Å². The summed E-state index contributed by atoms with van der Waals surface area (Å²) in [6, 6.07) is 5.88. The number of rotatable bonds is 3. The van der Waals surface area contributed by atoms with Crippen LogP contribution in [-0.2, 0) is 0 Å². The van der Waals surface area contributed by atoms with Crippen LogP contribution < -0.4 is 4.90 Å². The average Bonchev–Trinajstić information content (AvgIpc) is 3.24. The minimum Gasteiger partial charge on any atom is -0.368 e. The van der Waals surface area contributed by atoms with Gasteiger partial charge in [0.1, 0.15) is 6.33 Å². The maximum atomic E-state index is 12.7. The molecule has 0 N–H and O–H groups in total. The zero-order chi connectivity index (χ0) is 15.8. The second kappa shape index (κ2) is 5.73. The quantitative estimate of drug-likeness (QED) is 0.692. The number of piperidine rings is 1. The molecule has 0 saturated carbocycles. The molecule has 7 heteroatoms. The summed E-state index contributed by atoms with van der Waals surface area (Å²) in [5.41, 5.74) is 2.68. The molecule has 3 aromatic rings. The number of hydrogen-bond acceptors (Lipinski definition) is 6. The highest BCUT2D eigenvalue weighted by Gasteiger charge is 2.28. The van der Waals surface area contributed by atoms with E-state index >= 15 is 0 Å². The molecule has 23 heavy (non-hydrogen) atoms. The van der Waals surface area contributed by atoms with Crippen molar-refractivity contribution in [2.24, 2.45) is 5.92 Å². The second-order valence-electron chi connectivity index (χ2n) is 5.90. The van der Waals surface area contributed by atoms with Crippen molar-refractivity contribution in [3.05, 3.63) is 40.5 Å². The summed E-state index contributed by atoms with van der Waals surface area (Å²) in [6.07, 6.45) is 3.56. The number of Topliss-reactive ketones (excluding diaryl/α,β-unsaturated/α-hetero) is 1. The largest absolute Gasteiger partial charge is 0.368 e. The van der Waals surface area contributed by atoms with E-state index in [4.69, 9.17) is 0 Å². The molecule has 1 aliphatic heterocycles. The van der Waals surface area contributed by atoms with Gasteiger partial charge in [-0.3, -0.25) is 4.79 Å². The van der Waals surface area contributed by atoms with Crippen molar-refractivity contribution in [1.82, 2.24) is 19.8 Å². The third kappa shape index (κ3) is 2.61. The standard InChI is InChI=1S/C16H17N5OS/c1-11-8-13(16-18-17-10-21(16)19-11)20-6-2-4-12(9-20)15(22)14-5-3-7-23-14/h3,5,7-8,10,12H,2,4,6,9H2,1H3. The highest BCUT2D eigenvalue weighted by molar-refractivity contribution is 7.12. The van der Waals surface area contributed by atoms with E-state index in [1.54, 1.807) is 10.8 Å². The first-order valence-corrected chi connectivity index (χ1v) is 8.60. The molecule has 1 atom stereocenters. The molecule has 0 bridgehead atoms.